The van der Waals surface area contributed by atoms with Crippen LogP contribution in [-0.2, 0) is 5.41 Å². The lowest BCUT2D eigenvalue weighted by Gasteiger charge is -2.39. The first-order valence-corrected chi connectivity index (χ1v) is 9.02. The molecule has 2 heteroatoms. The van der Waals surface area contributed by atoms with E-state index in [1.807, 2.05) is 12.1 Å². The average Bonchev–Trinajstić information content (AvgIpc) is 2.55. The fourth-order valence-corrected chi connectivity index (χ4v) is 4.08. The Labute approximate surface area is 134 Å². The minimum Gasteiger partial charge on any atom is -0.478 e. The summed E-state index contributed by atoms with van der Waals surface area (Å²) < 4.78 is 0. The summed E-state index contributed by atoms with van der Waals surface area (Å²) >= 11 is 0. The summed E-state index contributed by atoms with van der Waals surface area (Å²) in [5.74, 6) is -0.772. The van der Waals surface area contributed by atoms with Gasteiger partial charge < -0.3 is 5.11 Å². The normalized spacial score (nSPS) is 17.3. The fourth-order valence-electron chi connectivity index (χ4n) is 4.08. The molecule has 0 heterocycles. The van der Waals surface area contributed by atoms with Gasteiger partial charge in [0.15, 0.2) is 0 Å². The molecule has 1 aliphatic carbocycles. The maximum atomic E-state index is 11.6. The summed E-state index contributed by atoms with van der Waals surface area (Å²) in [6.07, 6.45) is 13.7. The van der Waals surface area contributed by atoms with Crippen molar-refractivity contribution >= 4 is 5.97 Å². The lowest BCUT2D eigenvalue weighted by atomic mass is 9.65. The monoisotopic (exact) mass is 302 g/mol. The van der Waals surface area contributed by atoms with E-state index in [0.29, 0.717) is 5.56 Å². The van der Waals surface area contributed by atoms with Gasteiger partial charge in [-0.2, -0.15) is 0 Å². The third kappa shape index (κ3) is 4.12. The van der Waals surface area contributed by atoms with Gasteiger partial charge in [0.1, 0.15) is 0 Å². The quantitative estimate of drug-likeness (QED) is 0.603. The molecule has 1 aliphatic rings. The highest BCUT2D eigenvalue weighted by Gasteiger charge is 2.35. The highest BCUT2D eigenvalue weighted by Crippen LogP contribution is 2.44. The molecule has 22 heavy (non-hydrogen) atoms. The lowest BCUT2D eigenvalue weighted by Crippen LogP contribution is -2.31. The van der Waals surface area contributed by atoms with Crippen LogP contribution in [-0.4, -0.2) is 11.1 Å². The van der Waals surface area contributed by atoms with Gasteiger partial charge >= 0.3 is 5.97 Å². The summed E-state index contributed by atoms with van der Waals surface area (Å²) in [5.41, 5.74) is 1.73. The molecule has 1 N–H and O–H groups in total. The third-order valence-corrected chi connectivity index (χ3v) is 5.30. The number of rotatable bonds is 8. The van der Waals surface area contributed by atoms with Gasteiger partial charge in [-0.1, -0.05) is 76.5 Å². The number of hydrogen-bond donors (Lipinski definition) is 1. The average molecular weight is 302 g/mol. The second kappa shape index (κ2) is 8.36. The highest BCUT2D eigenvalue weighted by atomic mass is 16.4. The van der Waals surface area contributed by atoms with Gasteiger partial charge in [0.05, 0.1) is 5.56 Å². The molecule has 0 aliphatic heterocycles. The van der Waals surface area contributed by atoms with E-state index >= 15 is 0 Å². The molecular formula is C20H30O2. The molecule has 0 radical (unpaired) electrons. The number of aromatic carboxylic acids is 1. The van der Waals surface area contributed by atoms with Crippen molar-refractivity contribution in [2.45, 2.75) is 83.0 Å². The Hall–Kier alpha value is -1.31. The van der Waals surface area contributed by atoms with Crippen LogP contribution in [0.25, 0.3) is 0 Å². The summed E-state index contributed by atoms with van der Waals surface area (Å²) in [6, 6.07) is 7.71. The van der Waals surface area contributed by atoms with Crippen molar-refractivity contribution in [2.75, 3.05) is 0 Å². The zero-order valence-corrected chi connectivity index (χ0v) is 13.9. The van der Waals surface area contributed by atoms with Crippen LogP contribution >= 0.6 is 0 Å². The van der Waals surface area contributed by atoms with Crippen molar-refractivity contribution in [1.29, 1.82) is 0 Å². The van der Waals surface area contributed by atoms with Gasteiger partial charge in [-0.15, -0.1) is 0 Å². The van der Waals surface area contributed by atoms with Crippen LogP contribution in [0.1, 0.15) is 93.5 Å². The van der Waals surface area contributed by atoms with E-state index in [9.17, 15) is 9.90 Å². The Morgan fingerprint density at radius 1 is 1.05 bits per heavy atom. The van der Waals surface area contributed by atoms with Crippen LogP contribution in [0.4, 0.5) is 0 Å². The predicted octanol–water partition coefficient (Wildman–Crippen LogP) is 5.95. The minimum absolute atomic E-state index is 0.111. The van der Waals surface area contributed by atoms with E-state index in [4.69, 9.17) is 0 Å². The number of hydrogen-bond acceptors (Lipinski definition) is 1. The molecule has 2 rings (SSSR count). The molecule has 0 saturated heterocycles. The Bertz CT molecular complexity index is 472. The van der Waals surface area contributed by atoms with E-state index in [0.717, 1.165) is 24.8 Å². The highest BCUT2D eigenvalue weighted by molar-refractivity contribution is 5.89. The van der Waals surface area contributed by atoms with Crippen molar-refractivity contribution in [3.63, 3.8) is 0 Å². The van der Waals surface area contributed by atoms with Crippen molar-refractivity contribution in [3.05, 3.63) is 35.4 Å². The predicted molar refractivity (Wildman–Crippen MR) is 91.5 cm³/mol. The van der Waals surface area contributed by atoms with Crippen LogP contribution in [0.3, 0.4) is 0 Å². The molecule has 1 aromatic rings. The fraction of sp³-hybridized carbons (Fsp3) is 0.650. The molecule has 1 fully saturated rings. The first-order chi connectivity index (χ1) is 10.7. The van der Waals surface area contributed by atoms with Crippen molar-refractivity contribution in [2.24, 2.45) is 0 Å². The zero-order chi connectivity index (χ0) is 15.8. The van der Waals surface area contributed by atoms with Crippen molar-refractivity contribution < 1.29 is 9.90 Å². The zero-order valence-electron chi connectivity index (χ0n) is 13.9. The molecule has 0 unspecified atom stereocenters. The number of benzene rings is 1. The first-order valence-electron chi connectivity index (χ1n) is 9.02. The Morgan fingerprint density at radius 2 is 1.73 bits per heavy atom. The van der Waals surface area contributed by atoms with Crippen LogP contribution in [0, 0.1) is 0 Å². The van der Waals surface area contributed by atoms with E-state index in [2.05, 4.69) is 13.0 Å². The molecule has 1 aromatic carbocycles. The molecule has 2 nitrogen and oxygen atoms in total. The van der Waals surface area contributed by atoms with Gasteiger partial charge in [-0.05, 0) is 36.3 Å². The maximum absolute atomic E-state index is 11.6. The van der Waals surface area contributed by atoms with Gasteiger partial charge in [-0.3, -0.25) is 0 Å². The molecule has 0 atom stereocenters. The smallest absolute Gasteiger partial charge is 0.335 e. The van der Waals surface area contributed by atoms with Crippen LogP contribution in [0.5, 0.6) is 0 Å². The molecule has 0 amide bonds. The lowest BCUT2D eigenvalue weighted by molar-refractivity contribution is 0.0692. The third-order valence-electron chi connectivity index (χ3n) is 5.30. The Morgan fingerprint density at radius 3 is 2.41 bits per heavy atom. The van der Waals surface area contributed by atoms with Crippen molar-refractivity contribution in [3.8, 4) is 0 Å². The first kappa shape index (κ1) is 17.1. The number of carbonyl (C=O) groups is 1. The van der Waals surface area contributed by atoms with E-state index < -0.39 is 5.97 Å². The van der Waals surface area contributed by atoms with Crippen LogP contribution in [0.2, 0.25) is 0 Å². The largest absolute Gasteiger partial charge is 0.478 e. The van der Waals surface area contributed by atoms with Crippen molar-refractivity contribution in [1.82, 2.24) is 0 Å². The topological polar surface area (TPSA) is 37.3 Å². The molecule has 0 bridgehead atoms. The molecule has 0 aromatic heterocycles. The standard InChI is InChI=1S/C20H30O2/c1-2-3-4-5-9-14-20(15-10-6-11-16-20)18-13-8-7-12-17(18)19(21)22/h7-8,12-13H,2-6,9-11,14-16H2,1H3,(H,21,22). The minimum atomic E-state index is -0.772. The van der Waals surface area contributed by atoms with Gasteiger partial charge in [0.25, 0.3) is 0 Å². The summed E-state index contributed by atoms with van der Waals surface area (Å²) in [6.45, 7) is 2.24. The van der Waals surface area contributed by atoms with E-state index in [-0.39, 0.29) is 5.41 Å². The molecule has 122 valence electrons. The second-order valence-corrected chi connectivity index (χ2v) is 6.86. The van der Waals surface area contributed by atoms with Gasteiger partial charge in [0.2, 0.25) is 0 Å². The second-order valence-electron chi connectivity index (χ2n) is 6.86. The number of carboxylic acid groups (broad SMARTS) is 1. The van der Waals surface area contributed by atoms with Crippen LogP contribution < -0.4 is 0 Å². The molecular weight excluding hydrogens is 272 g/mol. The Balaban J connectivity index is 2.16. The molecule has 0 spiro atoms. The molecule has 1 saturated carbocycles. The number of unbranched alkanes of at least 4 members (excludes halogenated alkanes) is 4. The Kier molecular flexibility index (Phi) is 6.48. The SMILES string of the molecule is CCCCCCCC1(c2ccccc2C(=O)O)CCCCC1. The summed E-state index contributed by atoms with van der Waals surface area (Å²) in [7, 11) is 0. The van der Waals surface area contributed by atoms with Crippen LogP contribution in [0.15, 0.2) is 24.3 Å². The van der Waals surface area contributed by atoms with Gasteiger partial charge in [0, 0.05) is 0 Å². The maximum Gasteiger partial charge on any atom is 0.335 e. The summed E-state index contributed by atoms with van der Waals surface area (Å²) in [4.78, 5) is 11.6. The van der Waals surface area contributed by atoms with Gasteiger partial charge in [-0.25, -0.2) is 4.79 Å². The summed E-state index contributed by atoms with van der Waals surface area (Å²) in [5, 5.41) is 9.55. The van der Waals surface area contributed by atoms with E-state index in [1.165, 1.54) is 51.4 Å². The number of carboxylic acids is 1. The van der Waals surface area contributed by atoms with E-state index in [1.54, 1.807) is 6.07 Å².